The van der Waals surface area contributed by atoms with Crippen LogP contribution in [0.15, 0.2) is 140 Å². The molecule has 0 aliphatic carbocycles. The van der Waals surface area contributed by atoms with Gasteiger partial charge in [0, 0.05) is 29.2 Å². The number of rotatable bonds is 4. The zero-order valence-corrected chi connectivity index (χ0v) is 20.7. The summed E-state index contributed by atoms with van der Waals surface area (Å²) in [5.41, 5.74) is 8.39. The van der Waals surface area contributed by atoms with Crippen LogP contribution in [-0.2, 0) is 0 Å². The van der Waals surface area contributed by atoms with Gasteiger partial charge in [0.15, 0.2) is 0 Å². The molecule has 2 nitrogen and oxygen atoms in total. The highest BCUT2D eigenvalue weighted by Gasteiger charge is 2.19. The molecule has 0 saturated carbocycles. The minimum Gasteiger partial charge on any atom is -0.344 e. The third-order valence-electron chi connectivity index (χ3n) is 7.38. The highest BCUT2D eigenvalue weighted by atomic mass is 15.1. The topological polar surface area (TPSA) is 8.17 Å². The Hall–Kier alpha value is -4.82. The molecule has 0 atom stereocenters. The van der Waals surface area contributed by atoms with E-state index in [1.807, 2.05) is 0 Å². The lowest BCUT2D eigenvalue weighted by atomic mass is 10.0. The largest absolute Gasteiger partial charge is 0.344 e. The van der Waals surface area contributed by atoms with Crippen molar-refractivity contribution in [3.8, 4) is 16.8 Å². The Bertz CT molecular complexity index is 1880. The van der Waals surface area contributed by atoms with Crippen molar-refractivity contribution < 1.29 is 0 Å². The van der Waals surface area contributed by atoms with Gasteiger partial charge in [-0.25, -0.2) is 0 Å². The number of nitrogens with zero attached hydrogens (tertiary/aromatic N) is 2. The lowest BCUT2D eigenvalue weighted by Gasteiger charge is -2.21. The minimum absolute atomic E-state index is 1.16. The van der Waals surface area contributed by atoms with Crippen molar-refractivity contribution in [1.82, 2.24) is 4.57 Å². The lowest BCUT2D eigenvalue weighted by Crippen LogP contribution is -2.09. The highest BCUT2D eigenvalue weighted by Crippen LogP contribution is 2.42. The number of para-hydroxylation sites is 1. The van der Waals surface area contributed by atoms with E-state index in [0.717, 1.165) is 5.69 Å². The molecular weight excluding hydrogens is 448 g/mol. The molecule has 6 aromatic carbocycles. The number of hydrogen-bond donors (Lipinski definition) is 0. The average Bonchev–Trinajstić information content (AvgIpc) is 3.33. The van der Waals surface area contributed by atoms with E-state index in [2.05, 4.69) is 156 Å². The second-order valence-electron chi connectivity index (χ2n) is 9.50. The van der Waals surface area contributed by atoms with Crippen LogP contribution < -0.4 is 4.90 Å². The van der Waals surface area contributed by atoms with Crippen LogP contribution in [0.4, 0.5) is 11.4 Å². The van der Waals surface area contributed by atoms with E-state index < -0.39 is 0 Å². The Labute approximate surface area is 216 Å². The van der Waals surface area contributed by atoms with Gasteiger partial charge in [-0.2, -0.15) is 0 Å². The van der Waals surface area contributed by atoms with E-state index in [0.29, 0.717) is 0 Å². The van der Waals surface area contributed by atoms with Gasteiger partial charge in [-0.3, -0.25) is 0 Å². The van der Waals surface area contributed by atoms with Crippen molar-refractivity contribution in [2.45, 2.75) is 0 Å². The third-order valence-corrected chi connectivity index (χ3v) is 7.38. The van der Waals surface area contributed by atoms with Gasteiger partial charge < -0.3 is 9.47 Å². The number of fused-ring (bicyclic) bond motifs is 5. The molecule has 37 heavy (non-hydrogen) atoms. The van der Waals surface area contributed by atoms with E-state index in [1.54, 1.807) is 0 Å². The zero-order chi connectivity index (χ0) is 24.8. The SMILES string of the molecule is CN(c1ccccc1)c1cccc2c1c1c3ccccc3ccc1n2-c1cccc(-c2ccccc2)c1. The summed E-state index contributed by atoms with van der Waals surface area (Å²) < 4.78 is 2.42. The van der Waals surface area contributed by atoms with Crippen LogP contribution in [-0.4, -0.2) is 11.6 Å². The van der Waals surface area contributed by atoms with Crippen LogP contribution in [0.25, 0.3) is 49.4 Å². The summed E-state index contributed by atoms with van der Waals surface area (Å²) in [5, 5.41) is 5.09. The molecule has 0 saturated heterocycles. The number of hydrogen-bond acceptors (Lipinski definition) is 1. The van der Waals surface area contributed by atoms with Crippen LogP contribution in [0.1, 0.15) is 0 Å². The molecule has 0 aliphatic rings. The lowest BCUT2D eigenvalue weighted by molar-refractivity contribution is 1.18. The monoisotopic (exact) mass is 474 g/mol. The summed E-state index contributed by atoms with van der Waals surface area (Å²) >= 11 is 0. The summed E-state index contributed by atoms with van der Waals surface area (Å²) in [6.07, 6.45) is 0. The van der Waals surface area contributed by atoms with Gasteiger partial charge in [0.2, 0.25) is 0 Å². The second kappa shape index (κ2) is 8.69. The van der Waals surface area contributed by atoms with Crippen molar-refractivity contribution in [3.05, 3.63) is 140 Å². The Morgan fingerprint density at radius 1 is 0.514 bits per heavy atom. The predicted molar refractivity (Wildman–Crippen MR) is 158 cm³/mol. The van der Waals surface area contributed by atoms with Gasteiger partial charge in [0.1, 0.15) is 0 Å². The molecule has 0 unspecified atom stereocenters. The summed E-state index contributed by atoms with van der Waals surface area (Å²) in [6.45, 7) is 0. The van der Waals surface area contributed by atoms with Crippen molar-refractivity contribution in [2.24, 2.45) is 0 Å². The quantitative estimate of drug-likeness (QED) is 0.247. The standard InChI is InChI=1S/C35H26N2/c1-36(28-16-6-3-7-17-28)31-20-11-21-32-35(31)34-30-19-9-8-14-26(30)22-23-33(34)37(32)29-18-10-15-27(24-29)25-12-4-2-5-13-25/h2-24H,1H3. The van der Waals surface area contributed by atoms with Gasteiger partial charge in [-0.05, 0) is 64.4 Å². The molecule has 0 aliphatic heterocycles. The molecule has 1 aromatic heterocycles. The van der Waals surface area contributed by atoms with E-state index in [4.69, 9.17) is 0 Å². The fraction of sp³-hybridized carbons (Fsp3) is 0.0286. The number of anilines is 2. The molecule has 0 radical (unpaired) electrons. The molecule has 176 valence electrons. The van der Waals surface area contributed by atoms with Gasteiger partial charge in [0.05, 0.1) is 16.7 Å². The van der Waals surface area contributed by atoms with Gasteiger partial charge in [-0.1, -0.05) is 97.1 Å². The fourth-order valence-electron chi connectivity index (χ4n) is 5.61. The van der Waals surface area contributed by atoms with E-state index in [1.165, 1.54) is 55.1 Å². The summed E-state index contributed by atoms with van der Waals surface area (Å²) in [4.78, 5) is 2.30. The van der Waals surface area contributed by atoms with Crippen molar-refractivity contribution in [1.29, 1.82) is 0 Å². The molecule has 7 rings (SSSR count). The molecule has 0 bridgehead atoms. The highest BCUT2D eigenvalue weighted by molar-refractivity contribution is 6.25. The maximum absolute atomic E-state index is 2.42. The Morgan fingerprint density at radius 2 is 1.19 bits per heavy atom. The van der Waals surface area contributed by atoms with Gasteiger partial charge in [0.25, 0.3) is 0 Å². The van der Waals surface area contributed by atoms with Crippen molar-refractivity contribution in [2.75, 3.05) is 11.9 Å². The predicted octanol–water partition coefficient (Wildman–Crippen LogP) is 9.37. The molecule has 2 heteroatoms. The molecular formula is C35H26N2. The van der Waals surface area contributed by atoms with Crippen LogP contribution in [0.2, 0.25) is 0 Å². The first kappa shape index (κ1) is 21.5. The number of aromatic nitrogens is 1. The second-order valence-corrected chi connectivity index (χ2v) is 9.50. The molecule has 0 fully saturated rings. The van der Waals surface area contributed by atoms with Crippen molar-refractivity contribution >= 4 is 44.0 Å². The number of benzene rings is 6. The summed E-state index contributed by atoms with van der Waals surface area (Å²) in [7, 11) is 2.16. The van der Waals surface area contributed by atoms with Crippen LogP contribution in [0.3, 0.4) is 0 Å². The maximum atomic E-state index is 2.42. The maximum Gasteiger partial charge on any atom is 0.0562 e. The van der Waals surface area contributed by atoms with Crippen LogP contribution in [0, 0.1) is 0 Å². The molecule has 0 spiro atoms. The van der Waals surface area contributed by atoms with E-state index in [-0.39, 0.29) is 0 Å². The van der Waals surface area contributed by atoms with Gasteiger partial charge >= 0.3 is 0 Å². The smallest absolute Gasteiger partial charge is 0.0562 e. The minimum atomic E-state index is 1.16. The van der Waals surface area contributed by atoms with Gasteiger partial charge in [-0.15, -0.1) is 0 Å². The first-order valence-electron chi connectivity index (χ1n) is 12.7. The Morgan fingerprint density at radius 3 is 2.03 bits per heavy atom. The van der Waals surface area contributed by atoms with E-state index in [9.17, 15) is 0 Å². The normalized spacial score (nSPS) is 11.4. The molecule has 0 amide bonds. The molecule has 7 aromatic rings. The molecule has 0 N–H and O–H groups in total. The third kappa shape index (κ3) is 3.49. The summed E-state index contributed by atoms with van der Waals surface area (Å²) in [5.74, 6) is 0. The first-order valence-corrected chi connectivity index (χ1v) is 12.7. The fourth-order valence-corrected chi connectivity index (χ4v) is 5.61. The first-order chi connectivity index (χ1) is 18.3. The van der Waals surface area contributed by atoms with Crippen molar-refractivity contribution in [3.63, 3.8) is 0 Å². The summed E-state index contributed by atoms with van der Waals surface area (Å²) in [6, 6.07) is 50.0. The van der Waals surface area contributed by atoms with E-state index >= 15 is 0 Å². The Kier molecular flexibility index (Phi) is 5.04. The zero-order valence-electron chi connectivity index (χ0n) is 20.7. The molecule has 1 heterocycles. The Balaban J connectivity index is 1.58. The van der Waals surface area contributed by atoms with Crippen LogP contribution >= 0.6 is 0 Å². The van der Waals surface area contributed by atoms with Crippen LogP contribution in [0.5, 0.6) is 0 Å². The average molecular weight is 475 g/mol.